The highest BCUT2D eigenvalue weighted by molar-refractivity contribution is 7.98. The quantitative estimate of drug-likeness (QED) is 0.821. The Balaban J connectivity index is 2.01. The van der Waals surface area contributed by atoms with Gasteiger partial charge < -0.3 is 15.0 Å². The molecule has 0 bridgehead atoms. The predicted octanol–water partition coefficient (Wildman–Crippen LogP) is 2.27. The highest BCUT2D eigenvalue weighted by Crippen LogP contribution is 2.24. The minimum absolute atomic E-state index is 0.0465. The molecule has 1 N–H and O–H groups in total. The van der Waals surface area contributed by atoms with Crippen molar-refractivity contribution in [1.82, 2.24) is 4.90 Å². The molecule has 0 spiro atoms. The lowest BCUT2D eigenvalue weighted by atomic mass is 10.3. The molecule has 1 aromatic rings. The Morgan fingerprint density at radius 2 is 2.06 bits per heavy atom. The molecule has 0 unspecified atom stereocenters. The third kappa shape index (κ3) is 3.14. The maximum absolute atomic E-state index is 12.0. The first-order valence-electron chi connectivity index (χ1n) is 5.58. The number of benzene rings is 1. The van der Waals surface area contributed by atoms with Crippen LogP contribution in [0.15, 0.2) is 29.2 Å². The number of hydrogen-bond acceptors (Lipinski definition) is 3. The second kappa shape index (κ2) is 5.93. The molecule has 0 saturated carbocycles. The molecule has 0 aromatic heterocycles. The van der Waals surface area contributed by atoms with Gasteiger partial charge in [0.2, 0.25) is 0 Å². The summed E-state index contributed by atoms with van der Waals surface area (Å²) in [5.41, 5.74) is 0.872. The van der Waals surface area contributed by atoms with Crippen LogP contribution in [0.5, 0.6) is 0 Å². The summed E-state index contributed by atoms with van der Waals surface area (Å²) in [4.78, 5) is 14.8. The van der Waals surface area contributed by atoms with Crippen LogP contribution in [-0.2, 0) is 4.74 Å². The molecule has 1 fully saturated rings. The van der Waals surface area contributed by atoms with Crippen molar-refractivity contribution in [1.29, 1.82) is 0 Å². The van der Waals surface area contributed by atoms with Crippen molar-refractivity contribution in [2.45, 2.75) is 4.90 Å². The fraction of sp³-hybridized carbons (Fsp3) is 0.417. The Morgan fingerprint density at radius 3 is 2.76 bits per heavy atom. The first-order chi connectivity index (χ1) is 8.31. The number of hydrogen-bond donors (Lipinski definition) is 1. The smallest absolute Gasteiger partial charge is 0.322 e. The van der Waals surface area contributed by atoms with Crippen LogP contribution in [0, 0.1) is 0 Å². The van der Waals surface area contributed by atoms with Crippen LogP contribution < -0.4 is 5.32 Å². The summed E-state index contributed by atoms with van der Waals surface area (Å²) >= 11 is 1.63. The summed E-state index contributed by atoms with van der Waals surface area (Å²) in [5, 5.41) is 2.94. The number of carbonyl (C=O) groups is 1. The van der Waals surface area contributed by atoms with E-state index >= 15 is 0 Å². The van der Waals surface area contributed by atoms with E-state index in [1.54, 1.807) is 16.7 Å². The summed E-state index contributed by atoms with van der Waals surface area (Å²) in [5.74, 6) is 0. The van der Waals surface area contributed by atoms with Gasteiger partial charge in [0.25, 0.3) is 0 Å². The lowest BCUT2D eigenvalue weighted by molar-refractivity contribution is 0.0564. The summed E-state index contributed by atoms with van der Waals surface area (Å²) in [6.45, 7) is 2.57. The van der Waals surface area contributed by atoms with E-state index in [0.29, 0.717) is 26.3 Å². The molecule has 17 heavy (non-hydrogen) atoms. The first kappa shape index (κ1) is 12.3. The highest BCUT2D eigenvalue weighted by Gasteiger charge is 2.17. The van der Waals surface area contributed by atoms with Crippen molar-refractivity contribution in [3.8, 4) is 0 Å². The van der Waals surface area contributed by atoms with E-state index < -0.39 is 0 Å². The van der Waals surface area contributed by atoms with Gasteiger partial charge >= 0.3 is 6.03 Å². The van der Waals surface area contributed by atoms with Gasteiger partial charge in [-0.15, -0.1) is 11.8 Å². The first-order valence-corrected chi connectivity index (χ1v) is 6.80. The number of carbonyl (C=O) groups excluding carboxylic acids is 1. The summed E-state index contributed by atoms with van der Waals surface area (Å²) in [7, 11) is 0. The molecule has 1 aliphatic rings. The number of ether oxygens (including phenoxy) is 1. The number of anilines is 1. The van der Waals surface area contributed by atoms with Gasteiger partial charge in [0.05, 0.1) is 18.9 Å². The number of thioether (sulfide) groups is 1. The number of amides is 2. The minimum atomic E-state index is -0.0465. The molecule has 2 rings (SSSR count). The molecular weight excluding hydrogens is 236 g/mol. The Morgan fingerprint density at radius 1 is 1.35 bits per heavy atom. The number of urea groups is 1. The Kier molecular flexibility index (Phi) is 4.28. The van der Waals surface area contributed by atoms with Gasteiger partial charge in [0, 0.05) is 18.0 Å². The third-order valence-corrected chi connectivity index (χ3v) is 3.44. The third-order valence-electron chi connectivity index (χ3n) is 2.65. The fourth-order valence-corrected chi connectivity index (χ4v) is 2.26. The molecule has 5 heteroatoms. The molecule has 92 valence electrons. The van der Waals surface area contributed by atoms with Crippen molar-refractivity contribution in [2.24, 2.45) is 0 Å². The van der Waals surface area contributed by atoms with Crippen molar-refractivity contribution in [3.05, 3.63) is 24.3 Å². The Labute approximate surface area is 105 Å². The minimum Gasteiger partial charge on any atom is -0.378 e. The zero-order chi connectivity index (χ0) is 12.1. The topological polar surface area (TPSA) is 41.6 Å². The van der Waals surface area contributed by atoms with Crippen LogP contribution in [-0.4, -0.2) is 43.5 Å². The summed E-state index contributed by atoms with van der Waals surface area (Å²) < 4.78 is 5.22. The number of nitrogens with one attached hydrogen (secondary N) is 1. The van der Waals surface area contributed by atoms with E-state index in [1.807, 2.05) is 30.5 Å². The van der Waals surface area contributed by atoms with Crippen LogP contribution in [0.2, 0.25) is 0 Å². The van der Waals surface area contributed by atoms with E-state index in [-0.39, 0.29) is 6.03 Å². The molecule has 2 amide bonds. The lowest BCUT2D eigenvalue weighted by Gasteiger charge is -2.27. The molecule has 0 atom stereocenters. The molecule has 0 radical (unpaired) electrons. The molecule has 1 heterocycles. The average Bonchev–Trinajstić information content (AvgIpc) is 2.40. The zero-order valence-corrected chi connectivity index (χ0v) is 10.6. The highest BCUT2D eigenvalue weighted by atomic mass is 32.2. The second-order valence-electron chi connectivity index (χ2n) is 3.73. The van der Waals surface area contributed by atoms with Gasteiger partial charge in [-0.3, -0.25) is 0 Å². The van der Waals surface area contributed by atoms with E-state index in [0.717, 1.165) is 10.6 Å². The maximum atomic E-state index is 12.0. The van der Waals surface area contributed by atoms with Crippen molar-refractivity contribution in [2.75, 3.05) is 37.9 Å². The average molecular weight is 252 g/mol. The molecule has 1 aromatic carbocycles. The van der Waals surface area contributed by atoms with Crippen LogP contribution in [0.4, 0.5) is 10.5 Å². The van der Waals surface area contributed by atoms with E-state index in [4.69, 9.17) is 4.74 Å². The monoisotopic (exact) mass is 252 g/mol. The second-order valence-corrected chi connectivity index (χ2v) is 4.58. The van der Waals surface area contributed by atoms with Gasteiger partial charge in [-0.2, -0.15) is 0 Å². The molecular formula is C12H16N2O2S. The number of rotatable bonds is 2. The normalized spacial score (nSPS) is 15.7. The zero-order valence-electron chi connectivity index (χ0n) is 9.81. The van der Waals surface area contributed by atoms with E-state index in [2.05, 4.69) is 5.32 Å². The Hall–Kier alpha value is -1.20. The van der Waals surface area contributed by atoms with Gasteiger partial charge in [-0.1, -0.05) is 12.1 Å². The number of nitrogens with zero attached hydrogens (tertiary/aromatic N) is 1. The summed E-state index contributed by atoms with van der Waals surface area (Å²) in [6.07, 6.45) is 2.00. The molecule has 1 aliphatic heterocycles. The molecule has 0 aliphatic carbocycles. The molecule has 4 nitrogen and oxygen atoms in total. The van der Waals surface area contributed by atoms with Crippen molar-refractivity contribution < 1.29 is 9.53 Å². The fourth-order valence-electron chi connectivity index (χ4n) is 1.71. The SMILES string of the molecule is CSc1ccccc1NC(=O)N1CCOCC1. The van der Waals surface area contributed by atoms with E-state index in [1.165, 1.54) is 0 Å². The predicted molar refractivity (Wildman–Crippen MR) is 69.6 cm³/mol. The van der Waals surface area contributed by atoms with Gasteiger partial charge in [0.15, 0.2) is 0 Å². The van der Waals surface area contributed by atoms with Crippen LogP contribution in [0.1, 0.15) is 0 Å². The van der Waals surface area contributed by atoms with Gasteiger partial charge in [0.1, 0.15) is 0 Å². The lowest BCUT2D eigenvalue weighted by Crippen LogP contribution is -2.43. The van der Waals surface area contributed by atoms with Crippen molar-refractivity contribution >= 4 is 23.5 Å². The van der Waals surface area contributed by atoms with Gasteiger partial charge in [-0.05, 0) is 18.4 Å². The largest absolute Gasteiger partial charge is 0.378 e. The maximum Gasteiger partial charge on any atom is 0.322 e. The van der Waals surface area contributed by atoms with Gasteiger partial charge in [-0.25, -0.2) is 4.79 Å². The van der Waals surface area contributed by atoms with Crippen LogP contribution in [0.25, 0.3) is 0 Å². The standard InChI is InChI=1S/C12H16N2O2S/c1-17-11-5-3-2-4-10(11)13-12(15)14-6-8-16-9-7-14/h2-5H,6-9H2,1H3,(H,13,15). The number of morpholine rings is 1. The van der Waals surface area contributed by atoms with Crippen molar-refractivity contribution in [3.63, 3.8) is 0 Å². The summed E-state index contributed by atoms with van der Waals surface area (Å²) in [6, 6.07) is 7.77. The number of para-hydroxylation sites is 1. The van der Waals surface area contributed by atoms with Crippen LogP contribution >= 0.6 is 11.8 Å². The Bertz CT molecular complexity index is 392. The van der Waals surface area contributed by atoms with E-state index in [9.17, 15) is 4.79 Å². The van der Waals surface area contributed by atoms with Crippen LogP contribution in [0.3, 0.4) is 0 Å². The molecule has 1 saturated heterocycles.